The zero-order chi connectivity index (χ0) is 17.4. The summed E-state index contributed by atoms with van der Waals surface area (Å²) in [5.74, 6) is 0.939. The Hall–Kier alpha value is -2.07. The lowest BCUT2D eigenvalue weighted by atomic mass is 9.77. The summed E-state index contributed by atoms with van der Waals surface area (Å²) in [4.78, 5) is 14.1. The van der Waals surface area contributed by atoms with Crippen molar-refractivity contribution in [1.82, 2.24) is 5.32 Å². The highest BCUT2D eigenvalue weighted by molar-refractivity contribution is 7.10. The van der Waals surface area contributed by atoms with E-state index in [2.05, 4.69) is 54.1 Å². The second kappa shape index (κ2) is 6.68. The highest BCUT2D eigenvalue weighted by atomic mass is 32.1. The van der Waals surface area contributed by atoms with Gasteiger partial charge in [0.25, 0.3) is 5.91 Å². The van der Waals surface area contributed by atoms with Gasteiger partial charge in [0.15, 0.2) is 0 Å². The van der Waals surface area contributed by atoms with Gasteiger partial charge in [-0.25, -0.2) is 0 Å². The molecule has 1 aromatic heterocycles. The van der Waals surface area contributed by atoms with E-state index < -0.39 is 0 Å². The number of fused-ring (bicyclic) bond motifs is 3. The molecule has 25 heavy (non-hydrogen) atoms. The predicted octanol–water partition coefficient (Wildman–Crippen LogP) is 5.02. The topological polar surface area (TPSA) is 41.1 Å². The molecule has 2 N–H and O–H groups in total. The summed E-state index contributed by atoms with van der Waals surface area (Å²) in [6, 6.07) is 8.58. The van der Waals surface area contributed by atoms with Gasteiger partial charge in [-0.1, -0.05) is 31.2 Å². The van der Waals surface area contributed by atoms with Gasteiger partial charge >= 0.3 is 0 Å². The van der Waals surface area contributed by atoms with Gasteiger partial charge in [-0.15, -0.1) is 11.3 Å². The van der Waals surface area contributed by atoms with Crippen LogP contribution >= 0.6 is 11.3 Å². The Bertz CT molecular complexity index is 823. The first-order valence-corrected chi connectivity index (χ1v) is 9.97. The molecule has 0 spiro atoms. The second-order valence-corrected chi connectivity index (χ2v) is 7.92. The van der Waals surface area contributed by atoms with Crippen LogP contribution in [-0.4, -0.2) is 12.5 Å². The van der Waals surface area contributed by atoms with Crippen LogP contribution in [0.25, 0.3) is 0 Å². The zero-order valence-electron chi connectivity index (χ0n) is 14.7. The predicted molar refractivity (Wildman–Crippen MR) is 104 cm³/mol. The Labute approximate surface area is 153 Å². The van der Waals surface area contributed by atoms with Crippen molar-refractivity contribution in [3.63, 3.8) is 0 Å². The first kappa shape index (κ1) is 16.4. The monoisotopic (exact) mass is 352 g/mol. The molecule has 2 heterocycles. The van der Waals surface area contributed by atoms with Gasteiger partial charge in [0, 0.05) is 17.3 Å². The van der Waals surface area contributed by atoms with E-state index in [0.29, 0.717) is 18.4 Å². The first-order chi connectivity index (χ1) is 12.2. The summed E-state index contributed by atoms with van der Waals surface area (Å²) in [7, 11) is 0. The summed E-state index contributed by atoms with van der Waals surface area (Å²) in [6.45, 7) is 4.96. The van der Waals surface area contributed by atoms with E-state index in [9.17, 15) is 4.79 Å². The molecule has 0 saturated heterocycles. The lowest BCUT2D eigenvalue weighted by Crippen LogP contribution is -2.32. The molecule has 1 aromatic carbocycles. The molecule has 2 aliphatic rings. The number of rotatable bonds is 4. The number of aryl methyl sites for hydroxylation is 1. The van der Waals surface area contributed by atoms with Crippen molar-refractivity contribution in [2.75, 3.05) is 11.9 Å². The molecule has 4 heteroatoms. The van der Waals surface area contributed by atoms with Gasteiger partial charge in [-0.3, -0.25) is 4.79 Å². The molecule has 130 valence electrons. The number of benzene rings is 1. The van der Waals surface area contributed by atoms with Crippen molar-refractivity contribution in [1.29, 1.82) is 0 Å². The fourth-order valence-corrected chi connectivity index (χ4v) is 5.16. The minimum Gasteiger partial charge on any atom is -0.376 e. The molecule has 3 nitrogen and oxygen atoms in total. The molecule has 1 aliphatic carbocycles. The van der Waals surface area contributed by atoms with Gasteiger partial charge in [0.2, 0.25) is 0 Å². The third kappa shape index (κ3) is 2.78. The van der Waals surface area contributed by atoms with Crippen molar-refractivity contribution in [2.45, 2.75) is 38.6 Å². The maximum absolute atomic E-state index is 12.7. The van der Waals surface area contributed by atoms with E-state index in [0.717, 1.165) is 24.1 Å². The fraction of sp³-hybridized carbons (Fsp3) is 0.381. The molecule has 2 aromatic rings. The molecular formula is C21H24N2OS. The number of hydrogen-bond acceptors (Lipinski definition) is 3. The van der Waals surface area contributed by atoms with Crippen LogP contribution in [0.4, 0.5) is 5.69 Å². The molecule has 1 aliphatic heterocycles. The summed E-state index contributed by atoms with van der Waals surface area (Å²) in [5, 5.41) is 8.94. The largest absolute Gasteiger partial charge is 0.376 e. The van der Waals surface area contributed by atoms with Crippen molar-refractivity contribution in [3.8, 4) is 0 Å². The van der Waals surface area contributed by atoms with Crippen molar-refractivity contribution < 1.29 is 4.79 Å². The zero-order valence-corrected chi connectivity index (χ0v) is 15.5. The van der Waals surface area contributed by atoms with Gasteiger partial charge in [0.05, 0.1) is 17.3 Å². The lowest BCUT2D eigenvalue weighted by molar-refractivity contribution is 0.0954. The second-order valence-electron chi connectivity index (χ2n) is 6.97. The molecule has 0 radical (unpaired) electrons. The van der Waals surface area contributed by atoms with E-state index in [1.807, 2.05) is 23.5 Å². The minimum absolute atomic E-state index is 0.0216. The van der Waals surface area contributed by atoms with Gasteiger partial charge in [-0.05, 0) is 54.3 Å². The van der Waals surface area contributed by atoms with Gasteiger partial charge in [-0.2, -0.15) is 0 Å². The van der Waals surface area contributed by atoms with Crippen molar-refractivity contribution >= 4 is 22.9 Å². The highest BCUT2D eigenvalue weighted by Crippen LogP contribution is 2.51. The maximum Gasteiger partial charge on any atom is 0.253 e. The van der Waals surface area contributed by atoms with Crippen LogP contribution in [0.3, 0.4) is 0 Å². The molecule has 1 amide bonds. The number of thiophene rings is 1. The Balaban J connectivity index is 1.77. The number of nitrogens with one attached hydrogen (secondary N) is 2. The highest BCUT2D eigenvalue weighted by Gasteiger charge is 2.40. The summed E-state index contributed by atoms with van der Waals surface area (Å²) in [5.41, 5.74) is 4.38. The number of carbonyl (C=O) groups excluding carboxylic acids is 1. The number of hydrogen-bond donors (Lipinski definition) is 2. The number of para-hydroxylation sites is 1. The third-order valence-corrected chi connectivity index (χ3v) is 6.46. The van der Waals surface area contributed by atoms with Crippen LogP contribution in [0.15, 0.2) is 41.8 Å². The van der Waals surface area contributed by atoms with Crippen LogP contribution in [0.1, 0.15) is 58.1 Å². The van der Waals surface area contributed by atoms with Crippen LogP contribution in [0.2, 0.25) is 0 Å². The average molecular weight is 353 g/mol. The van der Waals surface area contributed by atoms with E-state index in [4.69, 9.17) is 0 Å². The molecule has 4 rings (SSSR count). The number of carbonyl (C=O) groups is 1. The molecular weight excluding hydrogens is 328 g/mol. The smallest absolute Gasteiger partial charge is 0.253 e. The summed E-state index contributed by atoms with van der Waals surface area (Å²) < 4.78 is 0. The number of amides is 1. The quantitative estimate of drug-likeness (QED) is 0.758. The van der Waals surface area contributed by atoms with E-state index in [1.165, 1.54) is 16.0 Å². The van der Waals surface area contributed by atoms with Gasteiger partial charge < -0.3 is 10.6 Å². The van der Waals surface area contributed by atoms with E-state index in [1.54, 1.807) is 0 Å². The maximum atomic E-state index is 12.7. The summed E-state index contributed by atoms with van der Waals surface area (Å²) in [6.07, 6.45) is 6.66. The van der Waals surface area contributed by atoms with Crippen LogP contribution in [0.5, 0.6) is 0 Å². The molecule has 0 fully saturated rings. The first-order valence-electron chi connectivity index (χ1n) is 9.09. The van der Waals surface area contributed by atoms with Crippen LogP contribution < -0.4 is 10.6 Å². The van der Waals surface area contributed by atoms with E-state index in [-0.39, 0.29) is 11.9 Å². The number of allylic oxidation sites excluding steroid dienone is 2. The van der Waals surface area contributed by atoms with E-state index >= 15 is 0 Å². The minimum atomic E-state index is 0.0216. The Morgan fingerprint density at radius 3 is 3.00 bits per heavy atom. The molecule has 3 atom stereocenters. The number of anilines is 1. The van der Waals surface area contributed by atoms with Crippen LogP contribution in [-0.2, 0) is 0 Å². The lowest BCUT2D eigenvalue weighted by Gasteiger charge is -2.38. The average Bonchev–Trinajstić information content (AvgIpc) is 3.27. The van der Waals surface area contributed by atoms with Crippen molar-refractivity contribution in [3.05, 3.63) is 63.4 Å². The molecule has 0 bridgehead atoms. The standard InChI is InChI=1S/C21H24N2OS/c1-3-11-22-21(24)17-9-5-7-15-14-6-4-8-16(14)19(23-18(15)17)20-13(2)10-12-25-20/h4-7,9-10,12,14,16,19,23H,3,8,11H2,1-2H3,(H,22,24). The normalized spacial score (nSPS) is 23.7. The van der Waals surface area contributed by atoms with Crippen LogP contribution in [0, 0.1) is 12.8 Å². The summed E-state index contributed by atoms with van der Waals surface area (Å²) >= 11 is 1.82. The Morgan fingerprint density at radius 2 is 2.24 bits per heavy atom. The fourth-order valence-electron chi connectivity index (χ4n) is 4.11. The van der Waals surface area contributed by atoms with Gasteiger partial charge in [0.1, 0.15) is 0 Å². The Morgan fingerprint density at radius 1 is 1.36 bits per heavy atom. The molecule has 0 saturated carbocycles. The SMILES string of the molecule is CCCNC(=O)c1cccc2c1NC(c1sccc1C)C1CC=CC21. The van der Waals surface area contributed by atoms with Crippen molar-refractivity contribution in [2.24, 2.45) is 5.92 Å². The molecule has 3 unspecified atom stereocenters. The Kier molecular flexibility index (Phi) is 4.38. The third-order valence-electron chi connectivity index (χ3n) is 5.36.